The van der Waals surface area contributed by atoms with E-state index in [1.54, 1.807) is 0 Å². The zero-order chi connectivity index (χ0) is 11.8. The smallest absolute Gasteiger partial charge is 0.163 e. The molecule has 1 aliphatic carbocycles. The minimum absolute atomic E-state index is 0.244. The topological polar surface area (TPSA) is 9.23 Å². The second-order valence-corrected chi connectivity index (χ2v) is 5.34. The van der Waals surface area contributed by atoms with Gasteiger partial charge in [0.25, 0.3) is 0 Å². The van der Waals surface area contributed by atoms with Crippen molar-refractivity contribution in [2.45, 2.75) is 26.7 Å². The first kappa shape index (κ1) is 11.6. The summed E-state index contributed by atoms with van der Waals surface area (Å²) in [7, 11) is 0. The Morgan fingerprint density at radius 2 is 1.94 bits per heavy atom. The fourth-order valence-electron chi connectivity index (χ4n) is 2.59. The van der Waals surface area contributed by atoms with E-state index in [1.807, 2.05) is 6.92 Å². The van der Waals surface area contributed by atoms with Crippen LogP contribution in [0.2, 0.25) is 0 Å². The van der Waals surface area contributed by atoms with Crippen molar-refractivity contribution in [1.82, 2.24) is 0 Å². The maximum absolute atomic E-state index is 5.48. The Morgan fingerprint density at radius 1 is 1.31 bits per heavy atom. The predicted molar refractivity (Wildman–Crippen MR) is 70.7 cm³/mol. The van der Waals surface area contributed by atoms with Gasteiger partial charge in [-0.2, -0.15) is 0 Å². The number of hydrogen-bond acceptors (Lipinski definition) is 2. The largest absolute Gasteiger partial charge is 0.487 e. The zero-order valence-electron chi connectivity index (χ0n) is 10.1. The molecule has 16 heavy (non-hydrogen) atoms. The molecular weight excluding hydrogens is 216 g/mol. The Bertz CT molecular complexity index is 383. The maximum atomic E-state index is 5.48. The van der Waals surface area contributed by atoms with Crippen LogP contribution in [0.1, 0.15) is 32.3 Å². The van der Waals surface area contributed by atoms with Crippen LogP contribution < -0.4 is 0 Å². The van der Waals surface area contributed by atoms with Crippen molar-refractivity contribution in [2.24, 2.45) is 11.3 Å². The molecule has 1 saturated carbocycles. The molecule has 0 amide bonds. The lowest BCUT2D eigenvalue weighted by atomic mass is 10.0. The van der Waals surface area contributed by atoms with Gasteiger partial charge in [-0.15, -0.1) is 0 Å². The Hall–Kier alpha value is -0.890. The third-order valence-electron chi connectivity index (χ3n) is 3.53. The molecule has 2 atom stereocenters. The molecular formula is C14H18OS. The van der Waals surface area contributed by atoms with Crippen molar-refractivity contribution in [2.75, 3.05) is 6.61 Å². The Kier molecular flexibility index (Phi) is 3.02. The first-order valence-corrected chi connectivity index (χ1v) is 6.21. The molecule has 1 nitrogen and oxygen atoms in total. The van der Waals surface area contributed by atoms with Crippen LogP contribution in [0.25, 0.3) is 0 Å². The van der Waals surface area contributed by atoms with E-state index in [4.69, 9.17) is 17.0 Å². The van der Waals surface area contributed by atoms with Crippen molar-refractivity contribution in [3.63, 3.8) is 0 Å². The first-order valence-electron chi connectivity index (χ1n) is 5.80. The van der Waals surface area contributed by atoms with Crippen LogP contribution >= 0.6 is 12.2 Å². The fraction of sp³-hybridized carbons (Fsp3) is 0.500. The standard InChI is InChI=1S/C14H18OS/c1-4-15-13(16)12-11(14(12,2)3)10-8-6-5-7-9-10/h5-9,11-12H,4H2,1-3H3. The van der Waals surface area contributed by atoms with Gasteiger partial charge in [0.2, 0.25) is 0 Å². The van der Waals surface area contributed by atoms with Crippen molar-refractivity contribution in [1.29, 1.82) is 0 Å². The summed E-state index contributed by atoms with van der Waals surface area (Å²) in [6, 6.07) is 10.6. The van der Waals surface area contributed by atoms with E-state index in [0.29, 0.717) is 18.4 Å². The Balaban J connectivity index is 2.17. The normalized spacial score (nSPS) is 26.2. The molecule has 0 N–H and O–H groups in total. The maximum Gasteiger partial charge on any atom is 0.163 e. The molecule has 0 spiro atoms. The Morgan fingerprint density at radius 3 is 2.50 bits per heavy atom. The molecule has 1 aromatic rings. The monoisotopic (exact) mass is 234 g/mol. The van der Waals surface area contributed by atoms with E-state index in [0.717, 1.165) is 5.05 Å². The highest BCUT2D eigenvalue weighted by molar-refractivity contribution is 7.80. The van der Waals surface area contributed by atoms with Gasteiger partial charge in [-0.25, -0.2) is 0 Å². The van der Waals surface area contributed by atoms with Crippen LogP contribution in [-0.2, 0) is 4.74 Å². The summed E-state index contributed by atoms with van der Waals surface area (Å²) < 4.78 is 5.48. The molecule has 2 rings (SSSR count). The van der Waals surface area contributed by atoms with Crippen LogP contribution in [-0.4, -0.2) is 11.7 Å². The first-order chi connectivity index (χ1) is 7.59. The SMILES string of the molecule is CCOC(=S)C1C(c2ccccc2)C1(C)C. The van der Waals surface area contributed by atoms with Crippen LogP contribution in [0, 0.1) is 11.3 Å². The minimum atomic E-state index is 0.244. The van der Waals surface area contributed by atoms with E-state index in [9.17, 15) is 0 Å². The van der Waals surface area contributed by atoms with Gasteiger partial charge in [-0.05, 0) is 30.1 Å². The summed E-state index contributed by atoms with van der Waals surface area (Å²) >= 11 is 5.34. The molecule has 0 heterocycles. The number of ether oxygens (including phenoxy) is 1. The van der Waals surface area contributed by atoms with Gasteiger partial charge < -0.3 is 4.74 Å². The average molecular weight is 234 g/mol. The van der Waals surface area contributed by atoms with Crippen molar-refractivity contribution < 1.29 is 4.74 Å². The summed E-state index contributed by atoms with van der Waals surface area (Å²) in [6.45, 7) is 7.19. The lowest BCUT2D eigenvalue weighted by Gasteiger charge is -2.04. The fourth-order valence-corrected chi connectivity index (χ4v) is 3.15. The molecule has 1 fully saturated rings. The third kappa shape index (κ3) is 1.86. The van der Waals surface area contributed by atoms with Gasteiger partial charge in [-0.1, -0.05) is 44.2 Å². The van der Waals surface area contributed by atoms with Crippen molar-refractivity contribution in [3.05, 3.63) is 35.9 Å². The predicted octanol–water partition coefficient (Wildman–Crippen LogP) is 3.79. The summed E-state index contributed by atoms with van der Waals surface area (Å²) in [5.41, 5.74) is 1.62. The molecule has 1 aromatic carbocycles. The molecule has 1 aliphatic rings. The van der Waals surface area contributed by atoms with E-state index in [-0.39, 0.29) is 5.41 Å². The van der Waals surface area contributed by atoms with E-state index < -0.39 is 0 Å². The van der Waals surface area contributed by atoms with Crippen LogP contribution in [0.15, 0.2) is 30.3 Å². The summed E-state index contributed by atoms with van der Waals surface area (Å²) in [5.74, 6) is 0.914. The van der Waals surface area contributed by atoms with E-state index >= 15 is 0 Å². The van der Waals surface area contributed by atoms with Crippen LogP contribution in [0.3, 0.4) is 0 Å². The molecule has 0 aliphatic heterocycles. The van der Waals surface area contributed by atoms with Crippen molar-refractivity contribution in [3.8, 4) is 0 Å². The van der Waals surface area contributed by atoms with Gasteiger partial charge in [0.05, 0.1) is 6.61 Å². The number of hydrogen-bond donors (Lipinski definition) is 0. The average Bonchev–Trinajstić information content (AvgIpc) is 2.83. The van der Waals surface area contributed by atoms with Gasteiger partial charge in [-0.3, -0.25) is 0 Å². The third-order valence-corrected chi connectivity index (χ3v) is 3.90. The van der Waals surface area contributed by atoms with Crippen molar-refractivity contribution >= 4 is 17.3 Å². The second kappa shape index (κ2) is 4.17. The van der Waals surface area contributed by atoms with Gasteiger partial charge in [0, 0.05) is 11.8 Å². The van der Waals surface area contributed by atoms with Gasteiger partial charge in [0.1, 0.15) is 0 Å². The van der Waals surface area contributed by atoms with Gasteiger partial charge >= 0.3 is 0 Å². The molecule has 0 aromatic heterocycles. The quantitative estimate of drug-likeness (QED) is 0.736. The molecule has 2 unspecified atom stereocenters. The Labute approximate surface area is 103 Å². The summed E-state index contributed by atoms with van der Waals surface area (Å²) in [6.07, 6.45) is 0. The zero-order valence-corrected chi connectivity index (χ0v) is 10.9. The summed E-state index contributed by atoms with van der Waals surface area (Å²) in [4.78, 5) is 0. The minimum Gasteiger partial charge on any atom is -0.487 e. The molecule has 0 bridgehead atoms. The highest BCUT2D eigenvalue weighted by atomic mass is 32.1. The summed E-state index contributed by atoms with van der Waals surface area (Å²) in [5, 5.41) is 0.779. The number of benzene rings is 1. The van der Waals surface area contributed by atoms with E-state index in [2.05, 4.69) is 44.2 Å². The highest BCUT2D eigenvalue weighted by Gasteiger charge is 2.61. The van der Waals surface area contributed by atoms with Gasteiger partial charge in [0.15, 0.2) is 5.05 Å². The van der Waals surface area contributed by atoms with Crippen LogP contribution in [0.5, 0.6) is 0 Å². The van der Waals surface area contributed by atoms with Crippen LogP contribution in [0.4, 0.5) is 0 Å². The second-order valence-electron chi connectivity index (χ2n) is 4.94. The number of rotatable bonds is 3. The molecule has 2 heteroatoms. The highest BCUT2D eigenvalue weighted by Crippen LogP contribution is 2.65. The molecule has 0 saturated heterocycles. The lowest BCUT2D eigenvalue weighted by molar-refractivity contribution is 0.318. The van der Waals surface area contributed by atoms with E-state index in [1.165, 1.54) is 5.56 Å². The lowest BCUT2D eigenvalue weighted by Crippen LogP contribution is -2.07. The number of thiocarbonyl (C=S) groups is 1. The molecule has 0 radical (unpaired) electrons. The molecule has 86 valence electrons.